The minimum atomic E-state index is -4.15. The van der Waals surface area contributed by atoms with Crippen molar-refractivity contribution in [3.8, 4) is 0 Å². The molecule has 1 aliphatic heterocycles. The summed E-state index contributed by atoms with van der Waals surface area (Å²) in [6.45, 7) is 6.33. The smallest absolute Gasteiger partial charge is 0.272 e. The fourth-order valence-electron chi connectivity index (χ4n) is 4.06. The van der Waals surface area contributed by atoms with E-state index in [1.54, 1.807) is 47.4 Å². The van der Waals surface area contributed by atoms with Crippen LogP contribution in [0, 0.1) is 5.82 Å². The molecular formula is C27H26FN5O4S. The maximum Gasteiger partial charge on any atom is 0.272 e. The zero-order valence-electron chi connectivity index (χ0n) is 20.7. The lowest BCUT2D eigenvalue weighted by Gasteiger charge is -2.34. The molecule has 0 saturated carbocycles. The number of fused-ring (bicyclic) bond motifs is 1. The minimum absolute atomic E-state index is 0.0680. The van der Waals surface area contributed by atoms with Crippen molar-refractivity contribution < 1.29 is 22.4 Å². The first-order valence-electron chi connectivity index (χ1n) is 11.8. The molecule has 9 nitrogen and oxygen atoms in total. The van der Waals surface area contributed by atoms with Gasteiger partial charge in [0.2, 0.25) is 0 Å². The quantitative estimate of drug-likeness (QED) is 0.282. The van der Waals surface area contributed by atoms with E-state index in [1.807, 2.05) is 6.92 Å². The molecule has 0 unspecified atom stereocenters. The van der Waals surface area contributed by atoms with Gasteiger partial charge in [-0.3, -0.25) is 24.3 Å². The predicted octanol–water partition coefficient (Wildman–Crippen LogP) is 3.62. The van der Waals surface area contributed by atoms with Gasteiger partial charge in [-0.25, -0.2) is 12.8 Å². The molecule has 0 bridgehead atoms. The number of hydrogen-bond donors (Lipinski definition) is 1. The number of halogens is 1. The molecule has 2 amide bonds. The summed E-state index contributed by atoms with van der Waals surface area (Å²) < 4.78 is 43.2. The summed E-state index contributed by atoms with van der Waals surface area (Å²) >= 11 is 0. The van der Waals surface area contributed by atoms with Gasteiger partial charge in [-0.05, 0) is 50.0 Å². The highest BCUT2D eigenvalue weighted by Gasteiger charge is 2.27. The Balaban J connectivity index is 1.45. The van der Waals surface area contributed by atoms with Crippen LogP contribution < -0.4 is 4.72 Å². The summed E-state index contributed by atoms with van der Waals surface area (Å²) in [5.74, 6) is -1.60. The van der Waals surface area contributed by atoms with Crippen LogP contribution in [0.15, 0.2) is 88.5 Å². The molecule has 1 fully saturated rings. The lowest BCUT2D eigenvalue weighted by molar-refractivity contribution is -0.128. The van der Waals surface area contributed by atoms with Crippen molar-refractivity contribution in [3.63, 3.8) is 0 Å². The summed E-state index contributed by atoms with van der Waals surface area (Å²) in [5, 5.41) is 0.629. The first-order chi connectivity index (χ1) is 18.2. The molecule has 1 saturated heterocycles. The van der Waals surface area contributed by atoms with Gasteiger partial charge in [-0.2, -0.15) is 0 Å². The average Bonchev–Trinajstić information content (AvgIpc) is 2.93. The normalized spacial score (nSPS) is 14.6. The molecule has 11 heteroatoms. The number of aliphatic imine (C=N–C) groups is 1. The number of rotatable bonds is 7. The number of pyridine rings is 1. The van der Waals surface area contributed by atoms with Crippen LogP contribution in [0.2, 0.25) is 0 Å². The molecule has 0 aliphatic carbocycles. The van der Waals surface area contributed by atoms with Crippen LogP contribution in [0.3, 0.4) is 0 Å². The summed E-state index contributed by atoms with van der Waals surface area (Å²) in [5.41, 5.74) is 0.253. The third-order valence-corrected chi connectivity index (χ3v) is 7.43. The second-order valence-electron chi connectivity index (χ2n) is 8.45. The molecule has 4 rings (SSSR count). The molecule has 1 N–H and O–H groups in total. The SMILES string of the molecule is C=N/C(=C\C=C/C)C(=O)N1CCN(C(=O)c2ccc(NS(=O)(=O)c3cccc4cccnc34)c(F)c2)CC1. The highest BCUT2D eigenvalue weighted by molar-refractivity contribution is 7.93. The average molecular weight is 536 g/mol. The van der Waals surface area contributed by atoms with Gasteiger partial charge in [0, 0.05) is 43.3 Å². The largest absolute Gasteiger partial charge is 0.335 e. The first-order valence-corrected chi connectivity index (χ1v) is 13.3. The van der Waals surface area contributed by atoms with E-state index in [0.717, 1.165) is 6.07 Å². The Kier molecular flexibility index (Phi) is 7.96. The molecule has 2 heterocycles. The van der Waals surface area contributed by atoms with Crippen molar-refractivity contribution in [2.24, 2.45) is 4.99 Å². The van der Waals surface area contributed by atoms with Crippen molar-refractivity contribution in [3.05, 3.63) is 90.0 Å². The summed E-state index contributed by atoms with van der Waals surface area (Å²) in [6, 6.07) is 11.7. The number of piperazine rings is 1. The predicted molar refractivity (Wildman–Crippen MR) is 144 cm³/mol. The number of nitrogens with zero attached hydrogens (tertiary/aromatic N) is 4. The van der Waals surface area contributed by atoms with Gasteiger partial charge in [0.05, 0.1) is 11.2 Å². The first kappa shape index (κ1) is 26.7. The van der Waals surface area contributed by atoms with Crippen molar-refractivity contribution in [2.45, 2.75) is 11.8 Å². The van der Waals surface area contributed by atoms with Crippen LogP contribution in [0.4, 0.5) is 10.1 Å². The molecule has 1 aliphatic rings. The molecule has 0 radical (unpaired) electrons. The molecule has 2 aromatic carbocycles. The third kappa shape index (κ3) is 5.62. The highest BCUT2D eigenvalue weighted by Crippen LogP contribution is 2.25. The Hall–Kier alpha value is -4.38. The van der Waals surface area contributed by atoms with Crippen LogP contribution in [0.25, 0.3) is 10.9 Å². The summed E-state index contributed by atoms with van der Waals surface area (Å²) in [6.07, 6.45) is 6.51. The molecular weight excluding hydrogens is 509 g/mol. The monoisotopic (exact) mass is 535 g/mol. The van der Waals surface area contributed by atoms with E-state index in [2.05, 4.69) is 21.4 Å². The second-order valence-corrected chi connectivity index (χ2v) is 10.1. The van der Waals surface area contributed by atoms with Gasteiger partial charge in [0.25, 0.3) is 21.8 Å². The van der Waals surface area contributed by atoms with Crippen LogP contribution in [0.1, 0.15) is 17.3 Å². The number of aromatic nitrogens is 1. The molecule has 1 aromatic heterocycles. The number of allylic oxidation sites excluding steroid dienone is 3. The Labute approximate surface area is 220 Å². The van der Waals surface area contributed by atoms with E-state index in [9.17, 15) is 22.4 Å². The second kappa shape index (κ2) is 11.3. The van der Waals surface area contributed by atoms with Crippen LogP contribution in [0.5, 0.6) is 0 Å². The topological polar surface area (TPSA) is 112 Å². The Morgan fingerprint density at radius 1 is 1.08 bits per heavy atom. The maximum atomic E-state index is 14.9. The Bertz CT molecular complexity index is 1560. The standard InChI is InChI=1S/C27H26FN5O4S/c1-3-4-9-23(29-2)27(35)33-16-14-32(15-17-33)26(34)20-11-12-22(21(28)18-20)31-38(36,37)24-10-5-7-19-8-6-13-30-25(19)24/h3-13,18,31H,2,14-17H2,1H3/b4-3-,23-9-. The van der Waals surface area contributed by atoms with Crippen molar-refractivity contribution in [2.75, 3.05) is 30.9 Å². The number of hydrogen-bond acceptors (Lipinski definition) is 6. The number of sulfonamides is 1. The number of carbonyl (C=O) groups excluding carboxylic acids is 2. The van der Waals surface area contributed by atoms with Crippen molar-refractivity contribution in [1.29, 1.82) is 0 Å². The molecule has 38 heavy (non-hydrogen) atoms. The number of nitrogens with one attached hydrogen (secondary N) is 1. The zero-order valence-corrected chi connectivity index (χ0v) is 21.5. The van der Waals surface area contributed by atoms with Gasteiger partial charge in [0.15, 0.2) is 0 Å². The Morgan fingerprint density at radius 3 is 2.47 bits per heavy atom. The molecule has 196 valence electrons. The van der Waals surface area contributed by atoms with Gasteiger partial charge < -0.3 is 9.80 Å². The van der Waals surface area contributed by atoms with Crippen molar-refractivity contribution >= 4 is 45.1 Å². The number of anilines is 1. The molecule has 3 aromatic rings. The van der Waals surface area contributed by atoms with Gasteiger partial charge >= 0.3 is 0 Å². The van der Waals surface area contributed by atoms with Crippen LogP contribution in [-0.2, 0) is 14.8 Å². The number of carbonyl (C=O) groups is 2. The fourth-order valence-corrected chi connectivity index (χ4v) is 5.31. The molecule has 0 atom stereocenters. The third-order valence-electron chi connectivity index (χ3n) is 6.04. The fraction of sp³-hybridized carbons (Fsp3) is 0.185. The van der Waals surface area contributed by atoms with E-state index in [0.29, 0.717) is 5.39 Å². The highest BCUT2D eigenvalue weighted by atomic mass is 32.2. The van der Waals surface area contributed by atoms with Gasteiger partial charge in [-0.1, -0.05) is 30.4 Å². The van der Waals surface area contributed by atoms with Crippen LogP contribution >= 0.6 is 0 Å². The van der Waals surface area contributed by atoms with E-state index < -0.39 is 21.7 Å². The van der Waals surface area contributed by atoms with E-state index in [4.69, 9.17) is 0 Å². The van der Waals surface area contributed by atoms with Crippen molar-refractivity contribution in [1.82, 2.24) is 14.8 Å². The van der Waals surface area contributed by atoms with Gasteiger partial charge in [0.1, 0.15) is 16.4 Å². The van der Waals surface area contributed by atoms with E-state index >= 15 is 0 Å². The lowest BCUT2D eigenvalue weighted by atomic mass is 10.1. The van der Waals surface area contributed by atoms with Gasteiger partial charge in [-0.15, -0.1) is 0 Å². The lowest BCUT2D eigenvalue weighted by Crippen LogP contribution is -2.50. The summed E-state index contributed by atoms with van der Waals surface area (Å²) in [7, 11) is -4.15. The maximum absolute atomic E-state index is 14.9. The summed E-state index contributed by atoms with van der Waals surface area (Å²) in [4.78, 5) is 36.5. The van der Waals surface area contributed by atoms with E-state index in [1.165, 1.54) is 29.3 Å². The number of amides is 2. The Morgan fingerprint density at radius 2 is 1.79 bits per heavy atom. The zero-order chi connectivity index (χ0) is 27.3. The minimum Gasteiger partial charge on any atom is -0.335 e. The van der Waals surface area contributed by atoms with E-state index in [-0.39, 0.29) is 59.4 Å². The number of benzene rings is 2. The molecule has 0 spiro atoms. The number of para-hydroxylation sites is 1. The van der Waals surface area contributed by atoms with Crippen LogP contribution in [-0.4, -0.2) is 67.9 Å².